The summed E-state index contributed by atoms with van der Waals surface area (Å²) in [5.41, 5.74) is -0.618. The van der Waals surface area contributed by atoms with Gasteiger partial charge in [0.1, 0.15) is 11.6 Å². The zero-order valence-electron chi connectivity index (χ0n) is 14.3. The zero-order valence-corrected chi connectivity index (χ0v) is 14.3. The van der Waals surface area contributed by atoms with Gasteiger partial charge in [0.2, 0.25) is 11.8 Å². The van der Waals surface area contributed by atoms with Crippen LogP contribution in [0.15, 0.2) is 0 Å². The van der Waals surface area contributed by atoms with E-state index in [4.69, 9.17) is 4.74 Å². The monoisotopic (exact) mass is 325 g/mol. The van der Waals surface area contributed by atoms with E-state index in [1.165, 1.54) is 0 Å². The first kappa shape index (κ1) is 17.6. The predicted molar refractivity (Wildman–Crippen MR) is 84.7 cm³/mol. The molecule has 1 atom stereocenters. The van der Waals surface area contributed by atoms with Gasteiger partial charge in [-0.1, -0.05) is 0 Å². The smallest absolute Gasteiger partial charge is 0.408 e. The Bertz CT molecular complexity index is 478. The van der Waals surface area contributed by atoms with Crippen molar-refractivity contribution in [1.29, 1.82) is 0 Å². The molecule has 130 valence electrons. The zero-order chi connectivity index (χ0) is 17.2. The van der Waals surface area contributed by atoms with Crippen LogP contribution in [0.25, 0.3) is 0 Å². The fourth-order valence-electron chi connectivity index (χ4n) is 2.22. The molecule has 2 saturated carbocycles. The molecule has 7 heteroatoms. The quantitative estimate of drug-likeness (QED) is 0.767. The summed E-state index contributed by atoms with van der Waals surface area (Å²) in [6.07, 6.45) is 3.21. The number of alkyl carbamates (subject to hydrolysis) is 1. The van der Waals surface area contributed by atoms with Gasteiger partial charge in [0.15, 0.2) is 0 Å². The molecule has 2 rings (SSSR count). The van der Waals surface area contributed by atoms with Crippen molar-refractivity contribution < 1.29 is 19.1 Å². The molecular weight excluding hydrogens is 298 g/mol. The summed E-state index contributed by atoms with van der Waals surface area (Å²) < 4.78 is 5.16. The highest BCUT2D eigenvalue weighted by molar-refractivity contribution is 5.89. The standard InChI is InChI=1S/C16H27N3O4/c1-10(17-15(22)23-16(2,3)4)14(21)19(12-7-8-12)9-13(20)18-11-5-6-11/h10-12H,5-9H2,1-4H3,(H,17,22)(H,18,20)/t10-/m1/s1. The molecule has 0 aromatic carbocycles. The molecule has 0 aromatic heterocycles. The van der Waals surface area contributed by atoms with Crippen molar-refractivity contribution in [2.24, 2.45) is 0 Å². The number of rotatable bonds is 6. The number of carbonyl (C=O) groups is 3. The molecule has 0 aromatic rings. The molecule has 0 saturated heterocycles. The van der Waals surface area contributed by atoms with Gasteiger partial charge in [-0.05, 0) is 53.4 Å². The summed E-state index contributed by atoms with van der Waals surface area (Å²) in [6.45, 7) is 6.95. The molecule has 0 heterocycles. The number of carbonyl (C=O) groups excluding carboxylic acids is 3. The van der Waals surface area contributed by atoms with Crippen LogP contribution in [0, 0.1) is 0 Å². The fourth-order valence-corrected chi connectivity index (χ4v) is 2.22. The molecule has 2 aliphatic carbocycles. The number of nitrogens with one attached hydrogen (secondary N) is 2. The maximum atomic E-state index is 12.5. The number of nitrogens with zero attached hydrogens (tertiary/aromatic N) is 1. The van der Waals surface area contributed by atoms with Crippen LogP contribution in [0.3, 0.4) is 0 Å². The average Bonchev–Trinajstić information content (AvgIpc) is 3.25. The second kappa shape index (κ2) is 6.76. The third-order valence-corrected chi connectivity index (χ3v) is 3.63. The van der Waals surface area contributed by atoms with Crippen LogP contribution in [0.2, 0.25) is 0 Å². The number of amides is 3. The molecule has 2 N–H and O–H groups in total. The molecule has 7 nitrogen and oxygen atoms in total. The van der Waals surface area contributed by atoms with E-state index in [2.05, 4.69) is 10.6 Å². The summed E-state index contributed by atoms with van der Waals surface area (Å²) in [5.74, 6) is -0.374. The summed E-state index contributed by atoms with van der Waals surface area (Å²) in [7, 11) is 0. The highest BCUT2D eigenvalue weighted by Crippen LogP contribution is 2.27. The summed E-state index contributed by atoms with van der Waals surface area (Å²) in [5, 5.41) is 5.43. The van der Waals surface area contributed by atoms with Crippen molar-refractivity contribution in [3.05, 3.63) is 0 Å². The molecule has 0 bridgehead atoms. The maximum Gasteiger partial charge on any atom is 0.408 e. The number of hydrogen-bond donors (Lipinski definition) is 2. The van der Waals surface area contributed by atoms with Gasteiger partial charge < -0.3 is 20.3 Å². The minimum absolute atomic E-state index is 0.0559. The lowest BCUT2D eigenvalue weighted by Gasteiger charge is -2.27. The molecular formula is C16H27N3O4. The summed E-state index contributed by atoms with van der Waals surface area (Å²) in [6, 6.07) is -0.342. The van der Waals surface area contributed by atoms with Crippen LogP contribution in [-0.2, 0) is 14.3 Å². The van der Waals surface area contributed by atoms with Crippen molar-refractivity contribution in [2.45, 2.75) is 77.1 Å². The van der Waals surface area contributed by atoms with Gasteiger partial charge >= 0.3 is 6.09 Å². The lowest BCUT2D eigenvalue weighted by Crippen LogP contribution is -2.51. The van der Waals surface area contributed by atoms with Gasteiger partial charge in [0, 0.05) is 12.1 Å². The molecule has 0 radical (unpaired) electrons. The predicted octanol–water partition coefficient (Wildman–Crippen LogP) is 1.17. The van der Waals surface area contributed by atoms with Crippen LogP contribution in [0.1, 0.15) is 53.4 Å². The van der Waals surface area contributed by atoms with Crippen LogP contribution < -0.4 is 10.6 Å². The van der Waals surface area contributed by atoms with Crippen molar-refractivity contribution in [3.63, 3.8) is 0 Å². The Labute approximate surface area is 137 Å². The van der Waals surface area contributed by atoms with Gasteiger partial charge in [-0.2, -0.15) is 0 Å². The fraction of sp³-hybridized carbons (Fsp3) is 0.812. The van der Waals surface area contributed by atoms with E-state index in [0.29, 0.717) is 0 Å². The Balaban J connectivity index is 1.86. The van der Waals surface area contributed by atoms with Gasteiger partial charge in [0.05, 0.1) is 6.54 Å². The molecule has 0 spiro atoms. The Morgan fingerprint density at radius 1 is 1.17 bits per heavy atom. The minimum atomic E-state index is -0.723. The Kier molecular flexibility index (Phi) is 5.16. The van der Waals surface area contributed by atoms with E-state index in [1.54, 1.807) is 32.6 Å². The van der Waals surface area contributed by atoms with Crippen LogP contribution in [0.5, 0.6) is 0 Å². The highest BCUT2D eigenvalue weighted by Gasteiger charge is 2.37. The van der Waals surface area contributed by atoms with Gasteiger partial charge in [-0.3, -0.25) is 9.59 Å². The maximum absolute atomic E-state index is 12.5. The second-order valence-corrected chi connectivity index (χ2v) is 7.41. The van der Waals surface area contributed by atoms with E-state index >= 15 is 0 Å². The summed E-state index contributed by atoms with van der Waals surface area (Å²) >= 11 is 0. The third-order valence-electron chi connectivity index (χ3n) is 3.63. The lowest BCUT2D eigenvalue weighted by atomic mass is 10.2. The molecule has 0 unspecified atom stereocenters. The number of ether oxygens (including phenoxy) is 1. The Morgan fingerprint density at radius 2 is 1.78 bits per heavy atom. The average molecular weight is 325 g/mol. The first-order valence-corrected chi connectivity index (χ1v) is 8.25. The van der Waals surface area contributed by atoms with E-state index in [-0.39, 0.29) is 30.4 Å². The van der Waals surface area contributed by atoms with Crippen molar-refractivity contribution in [1.82, 2.24) is 15.5 Å². The van der Waals surface area contributed by atoms with Gasteiger partial charge in [0.25, 0.3) is 0 Å². The third kappa shape index (κ3) is 6.08. The first-order chi connectivity index (χ1) is 10.7. The largest absolute Gasteiger partial charge is 0.444 e. The Morgan fingerprint density at radius 3 is 2.26 bits per heavy atom. The highest BCUT2D eigenvalue weighted by atomic mass is 16.6. The van der Waals surface area contributed by atoms with Crippen LogP contribution >= 0.6 is 0 Å². The molecule has 3 amide bonds. The van der Waals surface area contributed by atoms with Gasteiger partial charge in [-0.15, -0.1) is 0 Å². The topological polar surface area (TPSA) is 87.7 Å². The van der Waals surface area contributed by atoms with E-state index in [0.717, 1.165) is 25.7 Å². The van der Waals surface area contributed by atoms with Crippen LogP contribution in [0.4, 0.5) is 4.79 Å². The van der Waals surface area contributed by atoms with Crippen molar-refractivity contribution >= 4 is 17.9 Å². The molecule has 2 aliphatic rings. The normalized spacial score (nSPS) is 18.8. The molecule has 2 fully saturated rings. The minimum Gasteiger partial charge on any atom is -0.444 e. The van der Waals surface area contributed by atoms with Crippen molar-refractivity contribution in [3.8, 4) is 0 Å². The molecule has 0 aliphatic heterocycles. The van der Waals surface area contributed by atoms with Crippen molar-refractivity contribution in [2.75, 3.05) is 6.54 Å². The van der Waals surface area contributed by atoms with Crippen LogP contribution in [-0.4, -0.2) is 53.1 Å². The van der Waals surface area contributed by atoms with E-state index in [1.807, 2.05) is 0 Å². The van der Waals surface area contributed by atoms with E-state index in [9.17, 15) is 14.4 Å². The number of hydrogen-bond acceptors (Lipinski definition) is 4. The first-order valence-electron chi connectivity index (χ1n) is 8.25. The van der Waals surface area contributed by atoms with E-state index < -0.39 is 17.7 Å². The summed E-state index contributed by atoms with van der Waals surface area (Å²) in [4.78, 5) is 37.8. The second-order valence-electron chi connectivity index (χ2n) is 7.41. The van der Waals surface area contributed by atoms with Gasteiger partial charge in [-0.25, -0.2) is 4.79 Å². The SMILES string of the molecule is C[C@@H](NC(=O)OC(C)(C)C)C(=O)N(CC(=O)NC1CC1)C1CC1. The lowest BCUT2D eigenvalue weighted by molar-refractivity contribution is -0.138. The Hall–Kier alpha value is -1.79. The molecule has 23 heavy (non-hydrogen) atoms.